The zero-order valence-electron chi connectivity index (χ0n) is 6.55. The molecule has 1 heterocycles. The average Bonchev–Trinajstić information content (AvgIpc) is 2.62. The van der Waals surface area contributed by atoms with Crippen LogP contribution in [0.4, 0.5) is 0 Å². The van der Waals surface area contributed by atoms with Gasteiger partial charge in [-0.15, -0.1) is 0 Å². The standard InChI is InChI=1S/C8H13NO/c1-6-5-8(3-4-8)9(2)7(6)10/h6H,3-5H2,1-2H3/t6-/m1/s1. The van der Waals surface area contributed by atoms with Crippen LogP contribution in [0.3, 0.4) is 0 Å². The second-order valence-corrected chi connectivity index (χ2v) is 3.73. The molecule has 0 aromatic carbocycles. The van der Waals surface area contributed by atoms with Gasteiger partial charge in [0.15, 0.2) is 0 Å². The van der Waals surface area contributed by atoms with Gasteiger partial charge in [-0.05, 0) is 19.3 Å². The van der Waals surface area contributed by atoms with Crippen molar-refractivity contribution >= 4 is 5.91 Å². The third-order valence-corrected chi connectivity index (χ3v) is 2.98. The maximum atomic E-state index is 11.3. The fraction of sp³-hybridized carbons (Fsp3) is 0.875. The number of likely N-dealkylation sites (tertiary alicyclic amines) is 1. The number of hydrogen-bond donors (Lipinski definition) is 0. The lowest BCUT2D eigenvalue weighted by atomic mass is 10.1. The van der Waals surface area contributed by atoms with Crippen LogP contribution in [0.5, 0.6) is 0 Å². The van der Waals surface area contributed by atoms with Gasteiger partial charge in [-0.1, -0.05) is 6.92 Å². The predicted octanol–water partition coefficient (Wildman–Crippen LogP) is 1.02. The summed E-state index contributed by atoms with van der Waals surface area (Å²) in [5.74, 6) is 0.630. The molecule has 2 rings (SSSR count). The molecule has 0 aromatic rings. The second kappa shape index (κ2) is 1.55. The molecule has 2 aliphatic rings. The van der Waals surface area contributed by atoms with Crippen molar-refractivity contribution in [2.45, 2.75) is 31.7 Å². The Morgan fingerprint density at radius 3 is 2.40 bits per heavy atom. The zero-order valence-corrected chi connectivity index (χ0v) is 6.55. The van der Waals surface area contributed by atoms with Crippen LogP contribution in [0, 0.1) is 5.92 Å². The van der Waals surface area contributed by atoms with Crippen LogP contribution in [-0.4, -0.2) is 23.4 Å². The van der Waals surface area contributed by atoms with Crippen LogP contribution in [-0.2, 0) is 4.79 Å². The number of carbonyl (C=O) groups is 1. The molecule has 1 aliphatic carbocycles. The molecule has 0 aromatic heterocycles. The largest absolute Gasteiger partial charge is 0.340 e. The lowest BCUT2D eigenvalue weighted by molar-refractivity contribution is -0.130. The first-order chi connectivity index (χ1) is 4.66. The van der Waals surface area contributed by atoms with E-state index in [1.807, 2.05) is 18.9 Å². The molecule has 1 aliphatic heterocycles. The smallest absolute Gasteiger partial charge is 0.225 e. The van der Waals surface area contributed by atoms with Gasteiger partial charge in [-0.25, -0.2) is 0 Å². The molecule has 10 heavy (non-hydrogen) atoms. The van der Waals surface area contributed by atoms with E-state index in [-0.39, 0.29) is 5.92 Å². The summed E-state index contributed by atoms with van der Waals surface area (Å²) in [5, 5.41) is 0. The van der Waals surface area contributed by atoms with Crippen LogP contribution in [0.15, 0.2) is 0 Å². The van der Waals surface area contributed by atoms with Gasteiger partial charge >= 0.3 is 0 Å². The Bertz CT molecular complexity index is 184. The molecular formula is C8H13NO. The van der Waals surface area contributed by atoms with E-state index in [9.17, 15) is 4.79 Å². The quantitative estimate of drug-likeness (QED) is 0.490. The summed E-state index contributed by atoms with van der Waals surface area (Å²) in [6.45, 7) is 2.03. The molecular weight excluding hydrogens is 126 g/mol. The molecule has 1 amide bonds. The van der Waals surface area contributed by atoms with Gasteiger partial charge in [0.1, 0.15) is 0 Å². The first-order valence-corrected chi connectivity index (χ1v) is 3.93. The van der Waals surface area contributed by atoms with Crippen molar-refractivity contribution in [2.24, 2.45) is 5.92 Å². The summed E-state index contributed by atoms with van der Waals surface area (Å²) in [6.07, 6.45) is 3.57. The minimum Gasteiger partial charge on any atom is -0.340 e. The monoisotopic (exact) mass is 139 g/mol. The second-order valence-electron chi connectivity index (χ2n) is 3.73. The number of amides is 1. The highest BCUT2D eigenvalue weighted by atomic mass is 16.2. The molecule has 56 valence electrons. The highest BCUT2D eigenvalue weighted by molar-refractivity contribution is 5.82. The Morgan fingerprint density at radius 1 is 1.60 bits per heavy atom. The van der Waals surface area contributed by atoms with Crippen molar-refractivity contribution in [2.75, 3.05) is 7.05 Å². The number of nitrogens with zero attached hydrogens (tertiary/aromatic N) is 1. The maximum absolute atomic E-state index is 11.3. The number of hydrogen-bond acceptors (Lipinski definition) is 1. The molecule has 0 unspecified atom stereocenters. The van der Waals surface area contributed by atoms with Crippen LogP contribution in [0.1, 0.15) is 26.2 Å². The van der Waals surface area contributed by atoms with Crippen molar-refractivity contribution < 1.29 is 4.79 Å². The van der Waals surface area contributed by atoms with E-state index in [0.717, 1.165) is 6.42 Å². The van der Waals surface area contributed by atoms with Gasteiger partial charge in [0.05, 0.1) is 0 Å². The summed E-state index contributed by atoms with van der Waals surface area (Å²) >= 11 is 0. The van der Waals surface area contributed by atoms with E-state index >= 15 is 0 Å². The summed E-state index contributed by atoms with van der Waals surface area (Å²) in [7, 11) is 1.94. The third-order valence-electron chi connectivity index (χ3n) is 2.98. The Kier molecular flexibility index (Phi) is 0.960. The van der Waals surface area contributed by atoms with Crippen molar-refractivity contribution in [1.82, 2.24) is 4.90 Å². The van der Waals surface area contributed by atoms with Gasteiger partial charge < -0.3 is 4.90 Å². The van der Waals surface area contributed by atoms with Crippen LogP contribution < -0.4 is 0 Å². The normalized spacial score (nSPS) is 35.6. The third kappa shape index (κ3) is 0.568. The Morgan fingerprint density at radius 2 is 2.20 bits per heavy atom. The van der Waals surface area contributed by atoms with Crippen LogP contribution in [0.25, 0.3) is 0 Å². The fourth-order valence-electron chi connectivity index (χ4n) is 2.04. The zero-order chi connectivity index (χ0) is 7.35. The fourth-order valence-corrected chi connectivity index (χ4v) is 2.04. The summed E-state index contributed by atoms with van der Waals surface area (Å²) in [6, 6.07) is 0. The molecule has 2 heteroatoms. The first-order valence-electron chi connectivity index (χ1n) is 3.93. The average molecular weight is 139 g/mol. The molecule has 0 bridgehead atoms. The summed E-state index contributed by atoms with van der Waals surface area (Å²) < 4.78 is 0. The van der Waals surface area contributed by atoms with Gasteiger partial charge in [0.25, 0.3) is 0 Å². The Hall–Kier alpha value is -0.530. The molecule has 1 spiro atoms. The van der Waals surface area contributed by atoms with Crippen molar-refractivity contribution in [3.63, 3.8) is 0 Å². The minimum absolute atomic E-state index is 0.285. The Labute approximate surface area is 61.2 Å². The SMILES string of the molecule is C[C@@H]1CC2(CC2)N(C)C1=O. The van der Waals surface area contributed by atoms with Gasteiger partial charge in [-0.3, -0.25) is 4.79 Å². The van der Waals surface area contributed by atoms with Crippen molar-refractivity contribution in [3.05, 3.63) is 0 Å². The predicted molar refractivity (Wildman–Crippen MR) is 38.5 cm³/mol. The van der Waals surface area contributed by atoms with E-state index < -0.39 is 0 Å². The molecule has 1 saturated heterocycles. The molecule has 0 N–H and O–H groups in total. The summed E-state index contributed by atoms with van der Waals surface area (Å²) in [5.41, 5.74) is 0.330. The molecule has 2 nitrogen and oxygen atoms in total. The highest BCUT2D eigenvalue weighted by Gasteiger charge is 2.55. The van der Waals surface area contributed by atoms with E-state index in [4.69, 9.17) is 0 Å². The minimum atomic E-state index is 0.285. The van der Waals surface area contributed by atoms with Gasteiger partial charge in [-0.2, -0.15) is 0 Å². The topological polar surface area (TPSA) is 20.3 Å². The maximum Gasteiger partial charge on any atom is 0.225 e. The van der Waals surface area contributed by atoms with E-state index in [2.05, 4.69) is 0 Å². The van der Waals surface area contributed by atoms with E-state index in [1.165, 1.54) is 12.8 Å². The molecule has 1 saturated carbocycles. The molecule has 0 radical (unpaired) electrons. The lowest BCUT2D eigenvalue weighted by Crippen LogP contribution is -2.30. The number of rotatable bonds is 0. The van der Waals surface area contributed by atoms with Crippen molar-refractivity contribution in [1.29, 1.82) is 0 Å². The molecule has 2 fully saturated rings. The van der Waals surface area contributed by atoms with Gasteiger partial charge in [0.2, 0.25) is 5.91 Å². The van der Waals surface area contributed by atoms with E-state index in [0.29, 0.717) is 11.4 Å². The molecule has 1 atom stereocenters. The van der Waals surface area contributed by atoms with Crippen LogP contribution >= 0.6 is 0 Å². The first kappa shape index (κ1) is 6.20. The van der Waals surface area contributed by atoms with Crippen LogP contribution in [0.2, 0.25) is 0 Å². The highest BCUT2D eigenvalue weighted by Crippen LogP contribution is 2.50. The van der Waals surface area contributed by atoms with Crippen molar-refractivity contribution in [3.8, 4) is 0 Å². The van der Waals surface area contributed by atoms with Gasteiger partial charge in [0, 0.05) is 18.5 Å². The Balaban J connectivity index is 2.23. The lowest BCUT2D eigenvalue weighted by Gasteiger charge is -2.17. The van der Waals surface area contributed by atoms with E-state index in [1.54, 1.807) is 0 Å². The summed E-state index contributed by atoms with van der Waals surface area (Å²) in [4.78, 5) is 13.2. The number of carbonyl (C=O) groups excluding carboxylic acids is 1.